The van der Waals surface area contributed by atoms with Crippen molar-refractivity contribution in [3.63, 3.8) is 0 Å². The molecular formula is C20H21AsO2Pb. The van der Waals surface area contributed by atoms with Gasteiger partial charge in [0.25, 0.3) is 0 Å². The Kier molecular flexibility index (Phi) is 5.48. The minimum absolute atomic E-state index is 1.20. The molecule has 0 aliphatic rings. The van der Waals surface area contributed by atoms with Crippen molar-refractivity contribution in [2.45, 2.75) is 11.4 Å². The third-order valence-electron chi connectivity index (χ3n) is 3.90. The topological polar surface area (TPSA) is 26.3 Å². The quantitative estimate of drug-likeness (QED) is 0.438. The minimum atomic E-state index is -3.95. The summed E-state index contributed by atoms with van der Waals surface area (Å²) < 4.78 is 23.1. The third-order valence-corrected chi connectivity index (χ3v) is 33.2. The van der Waals surface area contributed by atoms with E-state index in [0.717, 1.165) is 0 Å². The Labute approximate surface area is 151 Å². The van der Waals surface area contributed by atoms with Crippen molar-refractivity contribution in [2.24, 2.45) is 0 Å². The summed E-state index contributed by atoms with van der Waals surface area (Å²) in [5, 5.41) is 0. The summed E-state index contributed by atoms with van der Waals surface area (Å²) in [7, 11) is 0. The van der Waals surface area contributed by atoms with Gasteiger partial charge in [0.05, 0.1) is 0 Å². The summed E-state index contributed by atoms with van der Waals surface area (Å²) in [6.45, 7) is 0. The molecule has 0 aliphatic carbocycles. The maximum atomic E-state index is 12.8. The second kappa shape index (κ2) is 7.42. The van der Waals surface area contributed by atoms with Crippen molar-refractivity contribution in [3.05, 3.63) is 91.0 Å². The van der Waals surface area contributed by atoms with Crippen LogP contribution in [-0.2, 0) is 5.42 Å². The molecule has 2 nitrogen and oxygen atoms in total. The van der Waals surface area contributed by atoms with E-state index in [0.29, 0.717) is 0 Å². The van der Waals surface area contributed by atoms with Gasteiger partial charge in [-0.25, -0.2) is 0 Å². The summed E-state index contributed by atoms with van der Waals surface area (Å²) in [6.07, 6.45) is 0. The fraction of sp³-hybridized carbons (Fsp3) is 0.100. The fourth-order valence-electron chi connectivity index (χ4n) is 3.01. The Balaban J connectivity index is 2.35. The van der Waals surface area contributed by atoms with Crippen LogP contribution in [0.3, 0.4) is 0 Å². The van der Waals surface area contributed by atoms with Crippen molar-refractivity contribution < 1.29 is 5.42 Å². The van der Waals surface area contributed by atoms with E-state index in [1.54, 1.807) is 11.4 Å². The van der Waals surface area contributed by atoms with Crippen LogP contribution < -0.4 is 9.37 Å². The van der Waals surface area contributed by atoms with E-state index in [-0.39, 0.29) is 0 Å². The SMILES string of the molecule is C[As](C)(=O)[O][Pb]([c]1ccccc1)([c]1ccccc1)[c]1ccccc1. The van der Waals surface area contributed by atoms with Crippen LogP contribution in [0.5, 0.6) is 0 Å². The molecule has 0 saturated heterocycles. The van der Waals surface area contributed by atoms with Gasteiger partial charge in [-0.2, -0.15) is 0 Å². The predicted molar refractivity (Wildman–Crippen MR) is 103 cm³/mol. The normalized spacial score (nSPS) is 12.1. The standard InChI is InChI=1S/3C6H5.C2H7AsO2.Pb/c3*1-2-4-6-5-3-1;1-3(2,4)5;/h3*1-5H;1-2H3,(H,4,5);/q;;;;+1/p-1. The molecule has 0 atom stereocenters. The van der Waals surface area contributed by atoms with Gasteiger partial charge in [-0.3, -0.25) is 0 Å². The van der Waals surface area contributed by atoms with E-state index >= 15 is 0 Å². The van der Waals surface area contributed by atoms with Gasteiger partial charge in [0, 0.05) is 0 Å². The zero-order valence-electron chi connectivity index (χ0n) is 13.9. The molecule has 0 spiro atoms. The summed E-state index contributed by atoms with van der Waals surface area (Å²) in [5.74, 6) is 0. The Morgan fingerprint density at radius 2 is 0.917 bits per heavy atom. The maximum absolute atomic E-state index is 12.8. The van der Waals surface area contributed by atoms with E-state index in [9.17, 15) is 3.74 Å². The van der Waals surface area contributed by atoms with Crippen LogP contribution >= 0.6 is 0 Å². The molecule has 0 bridgehead atoms. The Bertz CT molecular complexity index is 733. The first-order chi connectivity index (χ1) is 11.5. The Hall–Kier alpha value is -1.10. The average molecular weight is 576 g/mol. The van der Waals surface area contributed by atoms with Gasteiger partial charge in [0.15, 0.2) is 0 Å². The summed E-state index contributed by atoms with van der Waals surface area (Å²) in [4.78, 5) is 0. The van der Waals surface area contributed by atoms with Gasteiger partial charge in [-0.1, -0.05) is 0 Å². The average Bonchev–Trinajstić information content (AvgIpc) is 2.61. The van der Waals surface area contributed by atoms with Crippen molar-refractivity contribution in [3.8, 4) is 0 Å². The van der Waals surface area contributed by atoms with Gasteiger partial charge in [-0.15, -0.1) is 0 Å². The molecule has 0 amide bonds. The van der Waals surface area contributed by atoms with Gasteiger partial charge >= 0.3 is 153 Å². The summed E-state index contributed by atoms with van der Waals surface area (Å²) in [6, 6.07) is 31.1. The van der Waals surface area contributed by atoms with E-state index in [4.69, 9.17) is 1.68 Å². The van der Waals surface area contributed by atoms with Gasteiger partial charge < -0.3 is 0 Å². The predicted octanol–water partition coefficient (Wildman–Crippen LogP) is 2.80. The Morgan fingerprint density at radius 1 is 0.625 bits per heavy atom. The van der Waals surface area contributed by atoms with Crippen LogP contribution in [0.15, 0.2) is 91.0 Å². The van der Waals surface area contributed by atoms with Crippen molar-refractivity contribution in [1.29, 1.82) is 0 Å². The second-order valence-electron chi connectivity index (χ2n) is 6.12. The van der Waals surface area contributed by atoms with Crippen LogP contribution in [-0.4, -0.2) is 35.5 Å². The molecule has 0 aliphatic heterocycles. The second-order valence-corrected chi connectivity index (χ2v) is 27.5. The van der Waals surface area contributed by atoms with E-state index < -0.39 is 35.5 Å². The molecule has 122 valence electrons. The molecule has 4 heteroatoms. The number of hydrogen-bond acceptors (Lipinski definition) is 2. The van der Waals surface area contributed by atoms with Crippen LogP contribution in [0.4, 0.5) is 0 Å². The molecular weight excluding hydrogens is 554 g/mol. The molecule has 0 fully saturated rings. The molecule has 3 aromatic rings. The van der Waals surface area contributed by atoms with Crippen molar-refractivity contribution >= 4 is 44.8 Å². The van der Waals surface area contributed by atoms with Crippen LogP contribution in [0.25, 0.3) is 0 Å². The Morgan fingerprint density at radius 3 is 1.17 bits per heavy atom. The molecule has 3 aromatic carbocycles. The number of hydrogen-bond donors (Lipinski definition) is 0. The third kappa shape index (κ3) is 3.76. The molecule has 0 saturated carbocycles. The molecule has 3 rings (SSSR count). The number of benzene rings is 3. The first-order valence-electron chi connectivity index (χ1n) is 7.95. The van der Waals surface area contributed by atoms with Crippen LogP contribution in [0.1, 0.15) is 0 Å². The van der Waals surface area contributed by atoms with Crippen molar-refractivity contribution in [2.75, 3.05) is 0 Å². The summed E-state index contributed by atoms with van der Waals surface area (Å²) >= 11 is -7.31. The van der Waals surface area contributed by atoms with Crippen LogP contribution in [0.2, 0.25) is 11.4 Å². The van der Waals surface area contributed by atoms with E-state index in [2.05, 4.69) is 36.4 Å². The van der Waals surface area contributed by atoms with Gasteiger partial charge in [0.1, 0.15) is 0 Å². The first-order valence-corrected chi connectivity index (χ1v) is 20.6. The molecule has 0 radical (unpaired) electrons. The van der Waals surface area contributed by atoms with E-state index in [1.807, 2.05) is 54.6 Å². The zero-order valence-corrected chi connectivity index (χ0v) is 19.7. The van der Waals surface area contributed by atoms with Crippen LogP contribution in [0, 0.1) is 0 Å². The first kappa shape index (κ1) is 17.7. The monoisotopic (exact) mass is 576 g/mol. The zero-order chi connectivity index (χ0) is 17.0. The molecule has 0 unspecified atom stereocenters. The molecule has 0 aromatic heterocycles. The molecule has 24 heavy (non-hydrogen) atoms. The molecule has 0 N–H and O–H groups in total. The van der Waals surface area contributed by atoms with Gasteiger partial charge in [-0.05, 0) is 0 Å². The van der Waals surface area contributed by atoms with E-state index in [1.165, 1.54) is 9.37 Å². The summed E-state index contributed by atoms with van der Waals surface area (Å²) in [5.41, 5.74) is 3.56. The van der Waals surface area contributed by atoms with Gasteiger partial charge in [0.2, 0.25) is 0 Å². The number of rotatable bonds is 5. The molecule has 0 heterocycles. The fourth-order valence-corrected chi connectivity index (χ4v) is 36.4. The van der Waals surface area contributed by atoms with Crippen molar-refractivity contribution in [1.82, 2.24) is 0 Å².